The number of nitrogens with zero attached hydrogens (tertiary/aromatic N) is 2. The average molecular weight is 449 g/mol. The minimum absolute atomic E-state index is 0.000935. The number of likely N-dealkylation sites (tertiary alicyclic amines) is 1. The Morgan fingerprint density at radius 3 is 2.55 bits per heavy atom. The average Bonchev–Trinajstić information content (AvgIpc) is 2.81. The fourth-order valence-electron chi connectivity index (χ4n) is 4.81. The number of para-hydroxylation sites is 2. The maximum atomic E-state index is 13.4. The smallest absolute Gasteiger partial charge is 0.247 e. The molecule has 2 aliphatic heterocycles. The fourth-order valence-corrected chi connectivity index (χ4v) is 4.81. The van der Waals surface area contributed by atoms with Crippen molar-refractivity contribution in [2.24, 2.45) is 0 Å². The van der Waals surface area contributed by atoms with Crippen LogP contribution in [0, 0.1) is 13.8 Å². The van der Waals surface area contributed by atoms with Crippen LogP contribution in [0.25, 0.3) is 0 Å². The number of hydrogen-bond acceptors (Lipinski definition) is 4. The molecule has 2 aliphatic rings. The molecule has 0 radical (unpaired) electrons. The summed E-state index contributed by atoms with van der Waals surface area (Å²) >= 11 is 0. The fraction of sp³-hybridized carbons (Fsp3) is 0.423. The number of hydrogen-bond donors (Lipinski definition) is 2. The van der Waals surface area contributed by atoms with Crippen molar-refractivity contribution in [3.8, 4) is 0 Å². The van der Waals surface area contributed by atoms with E-state index in [-0.39, 0.29) is 24.1 Å². The topological polar surface area (TPSA) is 81.8 Å². The monoisotopic (exact) mass is 448 g/mol. The summed E-state index contributed by atoms with van der Waals surface area (Å²) in [5, 5.41) is 5.86. The van der Waals surface area contributed by atoms with E-state index in [4.69, 9.17) is 0 Å². The van der Waals surface area contributed by atoms with E-state index in [1.165, 1.54) is 0 Å². The van der Waals surface area contributed by atoms with E-state index in [0.717, 1.165) is 54.9 Å². The van der Waals surface area contributed by atoms with Gasteiger partial charge in [-0.05, 0) is 63.8 Å². The first-order valence-corrected chi connectivity index (χ1v) is 11.7. The zero-order chi connectivity index (χ0) is 23.5. The van der Waals surface area contributed by atoms with Gasteiger partial charge in [0.05, 0.1) is 17.8 Å². The van der Waals surface area contributed by atoms with E-state index in [1.807, 2.05) is 73.0 Å². The van der Waals surface area contributed by atoms with Gasteiger partial charge in [-0.3, -0.25) is 14.4 Å². The van der Waals surface area contributed by atoms with Crippen LogP contribution in [0.4, 0.5) is 17.1 Å². The van der Waals surface area contributed by atoms with Crippen LogP contribution >= 0.6 is 0 Å². The standard InChI is InChI=1S/C26H32N4O3/c1-17-11-12-20(18(2)15-17)27-24(31)16-23-25(32)28-21-9-5-6-10-22(21)30(23)19(3)26(33)29-13-7-4-8-14-29/h5-6,9-12,15,19,23H,4,7-8,13-14,16H2,1-3H3,(H,27,31)(H,28,32). The third kappa shape index (κ3) is 4.87. The van der Waals surface area contributed by atoms with Crippen LogP contribution in [-0.4, -0.2) is 47.8 Å². The first kappa shape index (κ1) is 22.8. The van der Waals surface area contributed by atoms with Crippen molar-refractivity contribution in [2.45, 2.75) is 58.5 Å². The van der Waals surface area contributed by atoms with Crippen LogP contribution in [-0.2, 0) is 14.4 Å². The van der Waals surface area contributed by atoms with Gasteiger partial charge >= 0.3 is 0 Å². The predicted molar refractivity (Wildman–Crippen MR) is 130 cm³/mol. The van der Waals surface area contributed by atoms with Crippen LogP contribution in [0.3, 0.4) is 0 Å². The highest BCUT2D eigenvalue weighted by atomic mass is 16.2. The lowest BCUT2D eigenvalue weighted by molar-refractivity contribution is -0.133. The van der Waals surface area contributed by atoms with Gasteiger partial charge in [0, 0.05) is 18.8 Å². The van der Waals surface area contributed by atoms with Gasteiger partial charge in [0.25, 0.3) is 0 Å². The highest BCUT2D eigenvalue weighted by molar-refractivity contribution is 6.08. The first-order valence-electron chi connectivity index (χ1n) is 11.7. The maximum Gasteiger partial charge on any atom is 0.247 e. The van der Waals surface area contributed by atoms with Gasteiger partial charge in [-0.25, -0.2) is 0 Å². The van der Waals surface area contributed by atoms with Crippen molar-refractivity contribution in [3.05, 3.63) is 53.6 Å². The Kier molecular flexibility index (Phi) is 6.67. The molecule has 3 amide bonds. The molecule has 1 saturated heterocycles. The normalized spacial score (nSPS) is 18.9. The number of amides is 3. The third-order valence-electron chi connectivity index (χ3n) is 6.56. The molecule has 0 aromatic heterocycles. The Morgan fingerprint density at radius 2 is 1.82 bits per heavy atom. The van der Waals surface area contributed by atoms with E-state index in [2.05, 4.69) is 10.6 Å². The van der Waals surface area contributed by atoms with Crippen LogP contribution in [0.2, 0.25) is 0 Å². The minimum Gasteiger partial charge on any atom is -0.346 e. The number of benzene rings is 2. The molecular formula is C26H32N4O3. The summed E-state index contributed by atoms with van der Waals surface area (Å²) in [4.78, 5) is 43.2. The molecule has 2 aromatic carbocycles. The molecule has 7 nitrogen and oxygen atoms in total. The molecule has 7 heteroatoms. The Morgan fingerprint density at radius 1 is 1.09 bits per heavy atom. The second-order valence-electron chi connectivity index (χ2n) is 9.06. The molecule has 2 heterocycles. The molecule has 2 atom stereocenters. The number of fused-ring (bicyclic) bond motifs is 1. The van der Waals surface area contributed by atoms with Crippen LogP contribution in [0.5, 0.6) is 0 Å². The summed E-state index contributed by atoms with van der Waals surface area (Å²) in [6.45, 7) is 7.26. The number of piperidine rings is 1. The van der Waals surface area contributed by atoms with Crippen molar-refractivity contribution in [3.63, 3.8) is 0 Å². The molecule has 2 N–H and O–H groups in total. The van der Waals surface area contributed by atoms with Crippen molar-refractivity contribution >= 4 is 34.8 Å². The molecule has 1 fully saturated rings. The third-order valence-corrected chi connectivity index (χ3v) is 6.56. The number of rotatable bonds is 5. The molecule has 0 spiro atoms. The quantitative estimate of drug-likeness (QED) is 0.728. The number of nitrogens with one attached hydrogen (secondary N) is 2. The SMILES string of the molecule is Cc1ccc(NC(=O)CC2C(=O)Nc3ccccc3N2C(C)C(=O)N2CCCCC2)c(C)c1. The van der Waals surface area contributed by atoms with Gasteiger partial charge < -0.3 is 20.4 Å². The van der Waals surface area contributed by atoms with Gasteiger partial charge in [0.15, 0.2) is 0 Å². The molecule has 2 aromatic rings. The molecule has 0 aliphatic carbocycles. The summed E-state index contributed by atoms with van der Waals surface area (Å²) < 4.78 is 0. The summed E-state index contributed by atoms with van der Waals surface area (Å²) in [7, 11) is 0. The zero-order valence-corrected chi connectivity index (χ0v) is 19.6. The Labute approximate surface area is 195 Å². The van der Waals surface area contributed by atoms with E-state index < -0.39 is 12.1 Å². The van der Waals surface area contributed by atoms with Gasteiger partial charge in [-0.2, -0.15) is 0 Å². The summed E-state index contributed by atoms with van der Waals surface area (Å²) in [5.74, 6) is -0.536. The zero-order valence-electron chi connectivity index (χ0n) is 19.6. The van der Waals surface area contributed by atoms with E-state index in [9.17, 15) is 14.4 Å². The lowest BCUT2D eigenvalue weighted by Crippen LogP contribution is -2.58. The van der Waals surface area contributed by atoms with Crippen LogP contribution in [0.15, 0.2) is 42.5 Å². The van der Waals surface area contributed by atoms with E-state index in [1.54, 1.807) is 0 Å². The highest BCUT2D eigenvalue weighted by Gasteiger charge is 2.40. The molecule has 174 valence electrons. The molecule has 2 unspecified atom stereocenters. The Balaban J connectivity index is 1.59. The van der Waals surface area contributed by atoms with Crippen molar-refractivity contribution in [1.29, 1.82) is 0 Å². The van der Waals surface area contributed by atoms with Crippen molar-refractivity contribution in [2.75, 3.05) is 28.6 Å². The van der Waals surface area contributed by atoms with Gasteiger partial charge in [-0.1, -0.05) is 29.8 Å². The lowest BCUT2D eigenvalue weighted by atomic mass is 10.0. The summed E-state index contributed by atoms with van der Waals surface area (Å²) in [6, 6.07) is 11.9. The van der Waals surface area contributed by atoms with Gasteiger partial charge in [0.1, 0.15) is 12.1 Å². The van der Waals surface area contributed by atoms with E-state index in [0.29, 0.717) is 5.69 Å². The largest absolute Gasteiger partial charge is 0.346 e. The first-order chi connectivity index (χ1) is 15.8. The van der Waals surface area contributed by atoms with E-state index >= 15 is 0 Å². The molecule has 33 heavy (non-hydrogen) atoms. The van der Waals surface area contributed by atoms with Gasteiger partial charge in [0.2, 0.25) is 17.7 Å². The van der Waals surface area contributed by atoms with Crippen molar-refractivity contribution in [1.82, 2.24) is 4.90 Å². The molecule has 4 rings (SSSR count). The Hall–Kier alpha value is -3.35. The lowest BCUT2D eigenvalue weighted by Gasteiger charge is -2.42. The molecule has 0 bridgehead atoms. The molecule has 0 saturated carbocycles. The van der Waals surface area contributed by atoms with Gasteiger partial charge in [-0.15, -0.1) is 0 Å². The number of carbonyl (C=O) groups excluding carboxylic acids is 3. The number of carbonyl (C=O) groups is 3. The maximum absolute atomic E-state index is 13.4. The second kappa shape index (κ2) is 9.65. The molecular weight excluding hydrogens is 416 g/mol. The minimum atomic E-state index is -0.783. The number of anilines is 3. The van der Waals surface area contributed by atoms with Crippen LogP contribution in [0.1, 0.15) is 43.7 Å². The second-order valence-corrected chi connectivity index (χ2v) is 9.06. The predicted octanol–water partition coefficient (Wildman–Crippen LogP) is 3.86. The van der Waals surface area contributed by atoms with Crippen LogP contribution < -0.4 is 15.5 Å². The van der Waals surface area contributed by atoms with Crippen molar-refractivity contribution < 1.29 is 14.4 Å². The Bertz CT molecular complexity index is 1060. The highest BCUT2D eigenvalue weighted by Crippen LogP contribution is 2.35. The summed E-state index contributed by atoms with van der Waals surface area (Å²) in [5.41, 5.74) is 4.23. The number of aryl methyl sites for hydroxylation is 2. The summed E-state index contributed by atoms with van der Waals surface area (Å²) in [6.07, 6.45) is 3.08.